The van der Waals surface area contributed by atoms with Gasteiger partial charge < -0.3 is 5.32 Å². The van der Waals surface area contributed by atoms with E-state index in [2.05, 4.69) is 32.2 Å². The summed E-state index contributed by atoms with van der Waals surface area (Å²) in [7, 11) is 0. The van der Waals surface area contributed by atoms with Crippen LogP contribution in [0, 0.1) is 13.8 Å². The van der Waals surface area contributed by atoms with Crippen LogP contribution in [0.2, 0.25) is 10.0 Å². The SMILES string of the molecule is CCCNC(c1cc(C)sc1C)c1c(Cl)cccc1Cl. The van der Waals surface area contributed by atoms with Crippen molar-refractivity contribution in [1.82, 2.24) is 5.32 Å². The quantitative estimate of drug-likeness (QED) is 0.736. The lowest BCUT2D eigenvalue weighted by Crippen LogP contribution is -2.24. The Labute approximate surface area is 134 Å². The van der Waals surface area contributed by atoms with E-state index in [0.717, 1.165) is 18.5 Å². The van der Waals surface area contributed by atoms with Gasteiger partial charge in [-0.2, -0.15) is 0 Å². The predicted octanol–water partition coefficient (Wildman–Crippen LogP) is 5.76. The maximum atomic E-state index is 6.39. The second-order valence-corrected chi connectivity index (χ2v) is 7.17. The van der Waals surface area contributed by atoms with Crippen molar-refractivity contribution in [2.45, 2.75) is 33.2 Å². The van der Waals surface area contributed by atoms with Crippen molar-refractivity contribution in [3.8, 4) is 0 Å². The summed E-state index contributed by atoms with van der Waals surface area (Å²) in [5.74, 6) is 0. The highest BCUT2D eigenvalue weighted by Crippen LogP contribution is 2.37. The second-order valence-electron chi connectivity index (χ2n) is 4.89. The fraction of sp³-hybridized carbons (Fsp3) is 0.375. The molecule has 0 aliphatic rings. The molecule has 108 valence electrons. The maximum absolute atomic E-state index is 6.39. The molecule has 0 saturated heterocycles. The van der Waals surface area contributed by atoms with Gasteiger partial charge in [0.1, 0.15) is 0 Å². The zero-order valence-corrected chi connectivity index (χ0v) is 14.3. The van der Waals surface area contributed by atoms with Crippen LogP contribution in [0.15, 0.2) is 24.3 Å². The molecule has 1 atom stereocenters. The lowest BCUT2D eigenvalue weighted by molar-refractivity contribution is 0.598. The van der Waals surface area contributed by atoms with Crippen LogP contribution in [0.3, 0.4) is 0 Å². The zero-order valence-electron chi connectivity index (χ0n) is 12.0. The van der Waals surface area contributed by atoms with Gasteiger partial charge >= 0.3 is 0 Å². The number of nitrogens with one attached hydrogen (secondary N) is 1. The molecule has 1 N–H and O–H groups in total. The first-order chi connectivity index (χ1) is 9.54. The molecule has 0 fully saturated rings. The summed E-state index contributed by atoms with van der Waals surface area (Å²) in [6, 6.07) is 7.97. The summed E-state index contributed by atoms with van der Waals surface area (Å²) >= 11 is 14.6. The number of thiophene rings is 1. The van der Waals surface area contributed by atoms with E-state index >= 15 is 0 Å². The summed E-state index contributed by atoms with van der Waals surface area (Å²) in [6.45, 7) is 7.37. The van der Waals surface area contributed by atoms with E-state index in [1.54, 1.807) is 0 Å². The lowest BCUT2D eigenvalue weighted by atomic mass is 9.98. The maximum Gasteiger partial charge on any atom is 0.0617 e. The van der Waals surface area contributed by atoms with E-state index in [1.807, 2.05) is 29.5 Å². The zero-order chi connectivity index (χ0) is 14.7. The van der Waals surface area contributed by atoms with Gasteiger partial charge in [0.05, 0.1) is 6.04 Å². The standard InChI is InChI=1S/C16H19Cl2NS/c1-4-8-19-16(12-9-10(2)20-11(12)3)15-13(17)6-5-7-14(15)18/h5-7,9,16,19H,4,8H2,1-3H3. The molecule has 2 aromatic rings. The van der Waals surface area contributed by atoms with Gasteiger partial charge in [-0.1, -0.05) is 36.2 Å². The number of hydrogen-bond donors (Lipinski definition) is 1. The van der Waals surface area contributed by atoms with Crippen LogP contribution in [0.4, 0.5) is 0 Å². The third kappa shape index (κ3) is 3.37. The van der Waals surface area contributed by atoms with Gasteiger partial charge in [-0.15, -0.1) is 11.3 Å². The third-order valence-electron chi connectivity index (χ3n) is 3.28. The number of benzene rings is 1. The molecule has 0 bridgehead atoms. The third-order valence-corrected chi connectivity index (χ3v) is 4.92. The van der Waals surface area contributed by atoms with Gasteiger partial charge in [-0.25, -0.2) is 0 Å². The molecule has 2 rings (SSSR count). The molecular formula is C16H19Cl2NS. The molecule has 0 aliphatic heterocycles. The molecule has 1 aromatic heterocycles. The van der Waals surface area contributed by atoms with Crippen LogP contribution in [0.5, 0.6) is 0 Å². The van der Waals surface area contributed by atoms with Crippen molar-refractivity contribution in [2.75, 3.05) is 6.54 Å². The normalized spacial score (nSPS) is 12.7. The van der Waals surface area contributed by atoms with Gasteiger partial charge in [-0.05, 0) is 50.6 Å². The fourth-order valence-electron chi connectivity index (χ4n) is 2.38. The minimum Gasteiger partial charge on any atom is -0.306 e. The van der Waals surface area contributed by atoms with Gasteiger partial charge in [-0.3, -0.25) is 0 Å². The first kappa shape index (κ1) is 15.8. The minimum atomic E-state index is 0.0566. The van der Waals surface area contributed by atoms with E-state index < -0.39 is 0 Å². The molecule has 0 saturated carbocycles. The average molecular weight is 328 g/mol. The molecule has 1 unspecified atom stereocenters. The average Bonchev–Trinajstić information content (AvgIpc) is 2.72. The van der Waals surface area contributed by atoms with Gasteiger partial charge in [0, 0.05) is 25.4 Å². The topological polar surface area (TPSA) is 12.0 Å². The first-order valence-corrected chi connectivity index (χ1v) is 8.36. The largest absolute Gasteiger partial charge is 0.306 e. The van der Waals surface area contributed by atoms with Crippen molar-refractivity contribution in [2.24, 2.45) is 0 Å². The summed E-state index contributed by atoms with van der Waals surface area (Å²) in [6.07, 6.45) is 1.07. The molecule has 1 heterocycles. The monoisotopic (exact) mass is 327 g/mol. The van der Waals surface area contributed by atoms with E-state index in [9.17, 15) is 0 Å². The van der Waals surface area contributed by atoms with Crippen molar-refractivity contribution >= 4 is 34.5 Å². The van der Waals surface area contributed by atoms with Crippen LogP contribution in [-0.2, 0) is 0 Å². The highest BCUT2D eigenvalue weighted by Gasteiger charge is 2.22. The molecule has 0 amide bonds. The summed E-state index contributed by atoms with van der Waals surface area (Å²) in [5.41, 5.74) is 2.25. The lowest BCUT2D eigenvalue weighted by Gasteiger charge is -2.21. The Bertz CT molecular complexity index is 572. The Kier molecular flexibility index (Phi) is 5.50. The van der Waals surface area contributed by atoms with Crippen molar-refractivity contribution in [1.29, 1.82) is 0 Å². The molecule has 0 spiro atoms. The summed E-state index contributed by atoms with van der Waals surface area (Å²) in [5, 5.41) is 5.01. The Balaban J connectivity index is 2.50. The fourth-order valence-corrected chi connectivity index (χ4v) is 3.96. The van der Waals surface area contributed by atoms with Crippen LogP contribution in [0.1, 0.15) is 40.3 Å². The van der Waals surface area contributed by atoms with Crippen molar-refractivity contribution < 1.29 is 0 Å². The van der Waals surface area contributed by atoms with Gasteiger partial charge in [0.15, 0.2) is 0 Å². The van der Waals surface area contributed by atoms with Crippen LogP contribution < -0.4 is 5.32 Å². The van der Waals surface area contributed by atoms with E-state index in [4.69, 9.17) is 23.2 Å². The van der Waals surface area contributed by atoms with Crippen LogP contribution in [0.25, 0.3) is 0 Å². The number of aryl methyl sites for hydroxylation is 2. The number of halogens is 2. The summed E-state index contributed by atoms with van der Waals surface area (Å²) in [4.78, 5) is 2.62. The Morgan fingerprint density at radius 1 is 1.20 bits per heavy atom. The number of rotatable bonds is 5. The molecule has 20 heavy (non-hydrogen) atoms. The molecular weight excluding hydrogens is 309 g/mol. The molecule has 1 aromatic carbocycles. The highest BCUT2D eigenvalue weighted by molar-refractivity contribution is 7.12. The van der Waals surface area contributed by atoms with Crippen LogP contribution >= 0.6 is 34.5 Å². The van der Waals surface area contributed by atoms with Crippen molar-refractivity contribution in [3.05, 3.63) is 55.2 Å². The molecule has 0 aliphatic carbocycles. The Morgan fingerprint density at radius 2 is 1.85 bits per heavy atom. The Hall–Kier alpha value is -0.540. The molecule has 0 radical (unpaired) electrons. The second kappa shape index (κ2) is 6.95. The summed E-state index contributed by atoms with van der Waals surface area (Å²) < 4.78 is 0. The van der Waals surface area contributed by atoms with Crippen LogP contribution in [-0.4, -0.2) is 6.54 Å². The van der Waals surface area contributed by atoms with E-state index in [0.29, 0.717) is 10.0 Å². The van der Waals surface area contributed by atoms with E-state index in [1.165, 1.54) is 15.3 Å². The highest BCUT2D eigenvalue weighted by atomic mass is 35.5. The van der Waals surface area contributed by atoms with Crippen molar-refractivity contribution in [3.63, 3.8) is 0 Å². The Morgan fingerprint density at radius 3 is 2.35 bits per heavy atom. The minimum absolute atomic E-state index is 0.0566. The molecule has 1 nitrogen and oxygen atoms in total. The number of hydrogen-bond acceptors (Lipinski definition) is 2. The van der Waals surface area contributed by atoms with E-state index in [-0.39, 0.29) is 6.04 Å². The smallest absolute Gasteiger partial charge is 0.0617 e. The molecule has 4 heteroatoms. The van der Waals surface area contributed by atoms with Gasteiger partial charge in [0.2, 0.25) is 0 Å². The predicted molar refractivity (Wildman–Crippen MR) is 90.4 cm³/mol. The first-order valence-electron chi connectivity index (χ1n) is 6.78. The van der Waals surface area contributed by atoms with Gasteiger partial charge in [0.25, 0.3) is 0 Å².